The molecule has 152 valence electrons. The molecular weight excluding hydrogens is 640 g/mol. The summed E-state index contributed by atoms with van der Waals surface area (Å²) >= 11 is 0. The van der Waals surface area contributed by atoms with Gasteiger partial charge in [0, 0.05) is 98.8 Å². The van der Waals surface area contributed by atoms with Crippen molar-refractivity contribution in [2.75, 3.05) is 0 Å². The first-order valence-corrected chi connectivity index (χ1v) is 6.19. The van der Waals surface area contributed by atoms with Gasteiger partial charge in [-0.1, -0.05) is 0 Å². The number of hydrogen-bond acceptors (Lipinski definition) is 6. The molecule has 0 aliphatic carbocycles. The van der Waals surface area contributed by atoms with Crippen molar-refractivity contribution in [2.45, 2.75) is 38.5 Å². The first kappa shape index (κ1) is 36.8. The van der Waals surface area contributed by atoms with Crippen molar-refractivity contribution in [1.82, 2.24) is 0 Å². The predicted molar refractivity (Wildman–Crippen MR) is 73.5 cm³/mol. The molecule has 12 nitrogen and oxygen atoms in total. The van der Waals surface area contributed by atoms with Crippen LogP contribution in [0.4, 0.5) is 0 Å². The molecule has 0 aromatic rings. The second kappa shape index (κ2) is 25.0. The molecule has 2 radical (unpaired) electrons. The molecule has 6 N–H and O–H groups in total. The maximum atomic E-state index is 9.64. The Morgan fingerprint density at radius 3 is 0.462 bits per heavy atom. The Balaban J connectivity index is -0.0000000817. The molecule has 0 amide bonds. The van der Waals surface area contributed by atoms with E-state index in [2.05, 4.69) is 0 Å². The Morgan fingerprint density at radius 1 is 0.346 bits per heavy atom. The summed E-state index contributed by atoms with van der Waals surface area (Å²) in [6, 6.07) is 0. The average Bonchev–Trinajstić information content (AvgIpc) is 2.42. The van der Waals surface area contributed by atoms with E-state index in [9.17, 15) is 28.8 Å². The molecule has 0 unspecified atom stereocenters. The van der Waals surface area contributed by atoms with Gasteiger partial charge in [0.2, 0.25) is 0 Å². The Bertz CT molecular complexity index is 355. The Hall–Kier alpha value is -0.0112. The predicted octanol–water partition coefficient (Wildman–Crippen LogP) is -0.193. The van der Waals surface area contributed by atoms with E-state index in [4.69, 9.17) is 30.6 Å². The van der Waals surface area contributed by atoms with Crippen LogP contribution >= 0.6 is 0 Å². The normalized spacial score (nSPS) is 7.85. The molecule has 0 rings (SSSR count). The van der Waals surface area contributed by atoms with Crippen LogP contribution in [0.1, 0.15) is 38.5 Å². The van der Waals surface area contributed by atoms with E-state index in [0.29, 0.717) is 0 Å². The van der Waals surface area contributed by atoms with Gasteiger partial charge in [0.05, 0.1) is 38.5 Å². The van der Waals surface area contributed by atoms with E-state index < -0.39 is 35.8 Å². The van der Waals surface area contributed by atoms with Crippen LogP contribution in [0.3, 0.4) is 0 Å². The molecule has 0 saturated heterocycles. The summed E-state index contributed by atoms with van der Waals surface area (Å²) in [7, 11) is 0. The fraction of sp³-hybridized carbons (Fsp3) is 0.500. The first-order valence-electron chi connectivity index (χ1n) is 6.19. The fourth-order valence-electron chi connectivity index (χ4n) is 0.642. The van der Waals surface area contributed by atoms with Gasteiger partial charge in [0.1, 0.15) is 0 Å². The van der Waals surface area contributed by atoms with Crippen LogP contribution in [0.15, 0.2) is 0 Å². The molecule has 0 heterocycles. The van der Waals surface area contributed by atoms with Gasteiger partial charge < -0.3 is 30.6 Å². The van der Waals surface area contributed by atoms with Gasteiger partial charge in [-0.15, -0.1) is 0 Å². The van der Waals surface area contributed by atoms with Gasteiger partial charge in [0.25, 0.3) is 0 Å². The van der Waals surface area contributed by atoms with Crippen LogP contribution in [0.2, 0.25) is 0 Å². The van der Waals surface area contributed by atoms with Gasteiger partial charge in [0.15, 0.2) is 0 Å². The quantitative estimate of drug-likeness (QED) is 0.190. The Kier molecular flexibility index (Phi) is 35.4. The number of hydrogen-bond donors (Lipinski definition) is 6. The summed E-state index contributed by atoms with van der Waals surface area (Å²) in [6.07, 6.45) is -1.78. The molecule has 0 fully saturated rings. The summed E-state index contributed by atoms with van der Waals surface area (Å²) in [4.78, 5) is 57.8. The van der Waals surface area contributed by atoms with Crippen molar-refractivity contribution < 1.29 is 158 Å². The van der Waals surface area contributed by atoms with Crippen LogP contribution in [-0.4, -0.2) is 66.5 Å². The minimum atomic E-state index is -1.08. The van der Waals surface area contributed by atoms with Crippen LogP contribution in [0.25, 0.3) is 0 Å². The molecule has 0 spiro atoms. The molecule has 0 atom stereocenters. The monoisotopic (exact) mass is 660 g/mol. The fourth-order valence-corrected chi connectivity index (χ4v) is 0.642. The third-order valence-corrected chi connectivity index (χ3v) is 1.66. The standard InChI is InChI=1S/3C4H6O4.2Eu/c3*5-3(6)1-2-4(7)8;;/h3*1-2H2,(H,5,6)(H,7,8);;. The zero-order valence-electron chi connectivity index (χ0n) is 13.1. The molecule has 0 aliphatic rings. The molecule has 0 aromatic carbocycles. The topological polar surface area (TPSA) is 224 Å². The molecule has 0 aromatic heterocycles. The zero-order chi connectivity index (χ0) is 19.7. The first-order chi connectivity index (χ1) is 10.9. The third-order valence-electron chi connectivity index (χ3n) is 1.66. The maximum absolute atomic E-state index is 9.64. The molecule has 0 bridgehead atoms. The van der Waals surface area contributed by atoms with Gasteiger partial charge in [-0.3, -0.25) is 28.8 Å². The van der Waals surface area contributed by atoms with Gasteiger partial charge >= 0.3 is 35.8 Å². The van der Waals surface area contributed by atoms with Crippen molar-refractivity contribution in [2.24, 2.45) is 0 Å². The largest absolute Gasteiger partial charge is 0.481 e. The van der Waals surface area contributed by atoms with Crippen molar-refractivity contribution in [1.29, 1.82) is 0 Å². The number of carboxylic acid groups (broad SMARTS) is 6. The second-order valence-electron chi connectivity index (χ2n) is 3.86. The van der Waals surface area contributed by atoms with E-state index in [0.717, 1.165) is 0 Å². The van der Waals surface area contributed by atoms with Crippen LogP contribution in [-0.2, 0) is 28.8 Å². The smallest absolute Gasteiger partial charge is 0.303 e. The molecule has 0 saturated carbocycles. The summed E-state index contributed by atoms with van der Waals surface area (Å²) in [5.41, 5.74) is 0. The minimum absolute atomic E-state index is 0. The molecule has 14 heteroatoms. The van der Waals surface area contributed by atoms with E-state index in [1.807, 2.05) is 0 Å². The zero-order valence-corrected chi connectivity index (χ0v) is 18.0. The van der Waals surface area contributed by atoms with Crippen molar-refractivity contribution in [3.63, 3.8) is 0 Å². The number of rotatable bonds is 9. The SMILES string of the molecule is O=C(O)CCC(=O)O.O=C(O)CCC(=O)O.O=C(O)CCC(=O)O.[Eu].[Eu]. The van der Waals surface area contributed by atoms with Gasteiger partial charge in [-0.25, -0.2) is 0 Å². The van der Waals surface area contributed by atoms with Crippen LogP contribution in [0, 0.1) is 98.8 Å². The summed E-state index contributed by atoms with van der Waals surface area (Å²) in [5, 5.41) is 47.4. The Morgan fingerprint density at radius 2 is 0.423 bits per heavy atom. The maximum Gasteiger partial charge on any atom is 0.303 e. The van der Waals surface area contributed by atoms with E-state index in [1.54, 1.807) is 0 Å². The van der Waals surface area contributed by atoms with Crippen LogP contribution < -0.4 is 0 Å². The Labute approximate surface area is 229 Å². The van der Waals surface area contributed by atoms with Gasteiger partial charge in [-0.2, -0.15) is 0 Å². The van der Waals surface area contributed by atoms with Crippen molar-refractivity contribution >= 4 is 35.8 Å². The minimum Gasteiger partial charge on any atom is -0.481 e. The molecular formula is C12H18Eu2O12. The van der Waals surface area contributed by atoms with E-state index in [1.165, 1.54) is 0 Å². The van der Waals surface area contributed by atoms with Gasteiger partial charge in [-0.05, 0) is 0 Å². The van der Waals surface area contributed by atoms with E-state index in [-0.39, 0.29) is 137 Å². The van der Waals surface area contributed by atoms with Crippen LogP contribution in [0.5, 0.6) is 0 Å². The van der Waals surface area contributed by atoms with E-state index >= 15 is 0 Å². The summed E-state index contributed by atoms with van der Waals surface area (Å²) in [5.74, 6) is -6.46. The third kappa shape index (κ3) is 56.4. The van der Waals surface area contributed by atoms with Crippen molar-refractivity contribution in [3.05, 3.63) is 0 Å². The average molecular weight is 658 g/mol. The summed E-state index contributed by atoms with van der Waals surface area (Å²) < 4.78 is 0. The number of aliphatic carboxylic acids is 6. The summed E-state index contributed by atoms with van der Waals surface area (Å²) in [6.45, 7) is 0. The molecule has 26 heavy (non-hydrogen) atoms. The number of carboxylic acids is 6. The molecule has 0 aliphatic heterocycles. The van der Waals surface area contributed by atoms with Crippen molar-refractivity contribution in [3.8, 4) is 0 Å². The second-order valence-corrected chi connectivity index (χ2v) is 3.86. The number of carbonyl (C=O) groups is 6.